The van der Waals surface area contributed by atoms with Crippen molar-refractivity contribution in [1.29, 1.82) is 0 Å². The molecule has 0 aliphatic heterocycles. The molecule has 0 saturated heterocycles. The number of halogens is 1. The number of aromatic nitrogens is 2. The Morgan fingerprint density at radius 2 is 2.10 bits per heavy atom. The zero-order valence-corrected chi connectivity index (χ0v) is 12.7. The van der Waals surface area contributed by atoms with Crippen LogP contribution in [0.1, 0.15) is 24.2 Å². The zero-order chi connectivity index (χ0) is 14.7. The summed E-state index contributed by atoms with van der Waals surface area (Å²) in [6.45, 7) is 0.639. The minimum Gasteiger partial charge on any atom is -0.496 e. The molecule has 1 aliphatic carbocycles. The standard InChI is InChI=1S/C16H18ClN3O/c1-21-13-5-3-2-4-12(13)10-18-15-9-14(17)19-16(20-15)8-11-6-7-11/h2-5,9,11H,6-8,10H2,1H3,(H,18,19,20). The van der Waals surface area contributed by atoms with Crippen LogP contribution in [-0.2, 0) is 13.0 Å². The molecular weight excluding hydrogens is 286 g/mol. The summed E-state index contributed by atoms with van der Waals surface area (Å²) < 4.78 is 5.34. The first-order valence-corrected chi connectivity index (χ1v) is 7.51. The number of anilines is 1. The van der Waals surface area contributed by atoms with Crippen molar-refractivity contribution in [3.05, 3.63) is 46.9 Å². The Balaban J connectivity index is 1.70. The van der Waals surface area contributed by atoms with Crippen LogP contribution >= 0.6 is 11.6 Å². The molecule has 0 spiro atoms. The molecule has 21 heavy (non-hydrogen) atoms. The third kappa shape index (κ3) is 3.85. The van der Waals surface area contributed by atoms with Gasteiger partial charge < -0.3 is 10.1 Å². The number of hydrogen-bond acceptors (Lipinski definition) is 4. The third-order valence-electron chi connectivity index (χ3n) is 3.56. The van der Waals surface area contributed by atoms with Gasteiger partial charge in [0.25, 0.3) is 0 Å². The monoisotopic (exact) mass is 303 g/mol. The van der Waals surface area contributed by atoms with Gasteiger partial charge in [-0.3, -0.25) is 0 Å². The maximum atomic E-state index is 6.08. The van der Waals surface area contributed by atoms with Crippen LogP contribution in [0.5, 0.6) is 5.75 Å². The maximum absolute atomic E-state index is 6.08. The van der Waals surface area contributed by atoms with Crippen molar-refractivity contribution < 1.29 is 4.74 Å². The fraction of sp³-hybridized carbons (Fsp3) is 0.375. The molecule has 0 radical (unpaired) electrons. The minimum absolute atomic E-state index is 0.489. The second kappa shape index (κ2) is 6.31. The van der Waals surface area contributed by atoms with Crippen LogP contribution in [0.3, 0.4) is 0 Å². The topological polar surface area (TPSA) is 47.0 Å². The average Bonchev–Trinajstić information content (AvgIpc) is 3.29. The Bertz CT molecular complexity index is 629. The van der Waals surface area contributed by atoms with E-state index in [1.807, 2.05) is 24.3 Å². The molecule has 2 aromatic rings. The number of ether oxygens (including phenoxy) is 1. The number of nitrogens with one attached hydrogen (secondary N) is 1. The Hall–Kier alpha value is -1.81. The van der Waals surface area contributed by atoms with Crippen molar-refractivity contribution in [1.82, 2.24) is 9.97 Å². The van der Waals surface area contributed by atoms with Gasteiger partial charge in [0.05, 0.1) is 7.11 Å². The lowest BCUT2D eigenvalue weighted by Gasteiger charge is -2.11. The fourth-order valence-corrected chi connectivity index (χ4v) is 2.46. The van der Waals surface area contributed by atoms with E-state index in [-0.39, 0.29) is 0 Å². The minimum atomic E-state index is 0.489. The van der Waals surface area contributed by atoms with E-state index in [9.17, 15) is 0 Å². The van der Waals surface area contributed by atoms with Gasteiger partial charge in [-0.15, -0.1) is 0 Å². The van der Waals surface area contributed by atoms with Gasteiger partial charge in [-0.1, -0.05) is 29.8 Å². The molecule has 1 fully saturated rings. The van der Waals surface area contributed by atoms with Gasteiger partial charge in [0.1, 0.15) is 22.5 Å². The molecule has 1 aliphatic rings. The Morgan fingerprint density at radius 1 is 1.29 bits per heavy atom. The van der Waals surface area contributed by atoms with E-state index >= 15 is 0 Å². The molecule has 4 nitrogen and oxygen atoms in total. The van der Waals surface area contributed by atoms with E-state index in [0.29, 0.717) is 11.7 Å². The van der Waals surface area contributed by atoms with Crippen LogP contribution in [0, 0.1) is 5.92 Å². The van der Waals surface area contributed by atoms with Crippen LogP contribution in [0.15, 0.2) is 30.3 Å². The van der Waals surface area contributed by atoms with E-state index < -0.39 is 0 Å². The summed E-state index contributed by atoms with van der Waals surface area (Å²) >= 11 is 6.08. The van der Waals surface area contributed by atoms with E-state index in [1.165, 1.54) is 12.8 Å². The largest absolute Gasteiger partial charge is 0.496 e. The summed E-state index contributed by atoms with van der Waals surface area (Å²) in [7, 11) is 1.67. The lowest BCUT2D eigenvalue weighted by atomic mass is 10.2. The van der Waals surface area contributed by atoms with Crippen LogP contribution in [0.2, 0.25) is 5.15 Å². The first-order chi connectivity index (χ1) is 10.2. The summed E-state index contributed by atoms with van der Waals surface area (Å²) in [4.78, 5) is 8.83. The quantitative estimate of drug-likeness (QED) is 0.827. The molecule has 0 amide bonds. The lowest BCUT2D eigenvalue weighted by Crippen LogP contribution is -2.06. The van der Waals surface area contributed by atoms with Gasteiger partial charge in [-0.25, -0.2) is 9.97 Å². The lowest BCUT2D eigenvalue weighted by molar-refractivity contribution is 0.410. The second-order valence-corrected chi connectivity index (χ2v) is 5.69. The van der Waals surface area contributed by atoms with Crippen LogP contribution in [0.4, 0.5) is 5.82 Å². The maximum Gasteiger partial charge on any atom is 0.134 e. The predicted octanol–water partition coefficient (Wildman–Crippen LogP) is 3.70. The number of para-hydroxylation sites is 1. The van der Waals surface area contributed by atoms with Gasteiger partial charge in [-0.2, -0.15) is 0 Å². The Morgan fingerprint density at radius 3 is 2.86 bits per heavy atom. The molecule has 0 bridgehead atoms. The van der Waals surface area contributed by atoms with Crippen molar-refractivity contribution >= 4 is 17.4 Å². The summed E-state index contributed by atoms with van der Waals surface area (Å²) in [6.07, 6.45) is 3.48. The SMILES string of the molecule is COc1ccccc1CNc1cc(Cl)nc(CC2CC2)n1. The highest BCUT2D eigenvalue weighted by Crippen LogP contribution is 2.32. The normalized spacial score (nSPS) is 14.0. The summed E-state index contributed by atoms with van der Waals surface area (Å²) in [5, 5.41) is 3.78. The molecule has 1 aromatic carbocycles. The highest BCUT2D eigenvalue weighted by atomic mass is 35.5. The highest BCUT2D eigenvalue weighted by molar-refractivity contribution is 6.29. The van der Waals surface area contributed by atoms with Crippen molar-refractivity contribution in [3.63, 3.8) is 0 Å². The first kappa shape index (κ1) is 14.1. The average molecular weight is 304 g/mol. The molecule has 1 heterocycles. The van der Waals surface area contributed by atoms with Gasteiger partial charge in [0.15, 0.2) is 0 Å². The number of rotatable bonds is 6. The second-order valence-electron chi connectivity index (χ2n) is 5.31. The number of nitrogens with zero attached hydrogens (tertiary/aromatic N) is 2. The number of hydrogen-bond donors (Lipinski definition) is 1. The summed E-state index contributed by atoms with van der Waals surface area (Å²) in [5.41, 5.74) is 1.08. The molecule has 110 valence electrons. The van der Waals surface area contributed by atoms with Crippen molar-refractivity contribution in [2.75, 3.05) is 12.4 Å². The molecule has 5 heteroatoms. The predicted molar refractivity (Wildman–Crippen MR) is 83.8 cm³/mol. The molecule has 1 N–H and O–H groups in total. The fourth-order valence-electron chi connectivity index (χ4n) is 2.26. The smallest absolute Gasteiger partial charge is 0.134 e. The van der Waals surface area contributed by atoms with Crippen molar-refractivity contribution in [2.24, 2.45) is 5.92 Å². The number of methoxy groups -OCH3 is 1. The van der Waals surface area contributed by atoms with Crippen molar-refractivity contribution in [3.8, 4) is 5.75 Å². The van der Waals surface area contributed by atoms with Crippen LogP contribution < -0.4 is 10.1 Å². The summed E-state index contributed by atoms with van der Waals surface area (Å²) in [5.74, 6) is 3.19. The molecule has 0 atom stereocenters. The van der Waals surface area contributed by atoms with Gasteiger partial charge in [-0.05, 0) is 24.8 Å². The van der Waals surface area contributed by atoms with E-state index in [0.717, 1.165) is 35.3 Å². The number of benzene rings is 1. The molecular formula is C16H18ClN3O. The molecule has 1 saturated carbocycles. The first-order valence-electron chi connectivity index (χ1n) is 7.14. The van der Waals surface area contributed by atoms with E-state index in [2.05, 4.69) is 15.3 Å². The highest BCUT2D eigenvalue weighted by Gasteiger charge is 2.23. The molecule has 1 aromatic heterocycles. The van der Waals surface area contributed by atoms with E-state index in [4.69, 9.17) is 16.3 Å². The Labute approximate surface area is 129 Å². The van der Waals surface area contributed by atoms with Gasteiger partial charge in [0.2, 0.25) is 0 Å². The van der Waals surface area contributed by atoms with Crippen LogP contribution in [-0.4, -0.2) is 17.1 Å². The van der Waals surface area contributed by atoms with E-state index in [1.54, 1.807) is 13.2 Å². The molecule has 3 rings (SSSR count). The van der Waals surface area contributed by atoms with Crippen molar-refractivity contribution in [2.45, 2.75) is 25.8 Å². The Kier molecular flexibility index (Phi) is 4.25. The zero-order valence-electron chi connectivity index (χ0n) is 12.0. The molecule has 0 unspecified atom stereocenters. The van der Waals surface area contributed by atoms with Crippen LogP contribution in [0.25, 0.3) is 0 Å². The summed E-state index contributed by atoms with van der Waals surface area (Å²) in [6, 6.07) is 9.68. The third-order valence-corrected chi connectivity index (χ3v) is 3.76. The van der Waals surface area contributed by atoms with Gasteiger partial charge in [0, 0.05) is 24.6 Å². The van der Waals surface area contributed by atoms with Gasteiger partial charge >= 0.3 is 0 Å².